The molecule has 1 amide bonds. The van der Waals surface area contributed by atoms with Gasteiger partial charge < -0.3 is 14.3 Å². The summed E-state index contributed by atoms with van der Waals surface area (Å²) in [6.07, 6.45) is 7.37. The molecule has 0 spiro atoms. The van der Waals surface area contributed by atoms with E-state index in [0.29, 0.717) is 12.5 Å². The van der Waals surface area contributed by atoms with Gasteiger partial charge in [-0.05, 0) is 38.7 Å². The van der Waals surface area contributed by atoms with Crippen LogP contribution >= 0.6 is 0 Å². The molecule has 2 fully saturated rings. The number of hydrogen-bond acceptors (Lipinski definition) is 6. The van der Waals surface area contributed by atoms with Crippen molar-refractivity contribution in [1.82, 2.24) is 20.0 Å². The normalized spacial score (nSPS) is 23.9. The van der Waals surface area contributed by atoms with Crippen molar-refractivity contribution >= 4 is 11.9 Å². The van der Waals surface area contributed by atoms with E-state index < -0.39 is 0 Å². The average molecular weight is 341 g/mol. The highest BCUT2D eigenvalue weighted by Gasteiger charge is 2.37. The lowest BCUT2D eigenvalue weighted by Crippen LogP contribution is -2.45. The van der Waals surface area contributed by atoms with Crippen LogP contribution in [0.5, 0.6) is 0 Å². The monoisotopic (exact) mass is 341 g/mol. The molecular weight excluding hydrogens is 318 g/mol. The van der Waals surface area contributed by atoms with Gasteiger partial charge >= 0.3 is 0 Å². The first-order valence-corrected chi connectivity index (χ1v) is 8.98. The van der Waals surface area contributed by atoms with E-state index in [1.165, 1.54) is 0 Å². The van der Waals surface area contributed by atoms with Crippen LogP contribution in [-0.4, -0.2) is 45.6 Å². The minimum Gasteiger partial charge on any atom is -0.361 e. The number of aryl methyl sites for hydroxylation is 1. The molecule has 2 atom stereocenters. The van der Waals surface area contributed by atoms with Gasteiger partial charge in [0.1, 0.15) is 11.5 Å². The van der Waals surface area contributed by atoms with Crippen molar-refractivity contribution in [3.63, 3.8) is 0 Å². The molecule has 0 bridgehead atoms. The molecule has 2 aliphatic heterocycles. The van der Waals surface area contributed by atoms with Crippen LogP contribution in [0.3, 0.4) is 0 Å². The first-order valence-electron chi connectivity index (χ1n) is 8.98. The Morgan fingerprint density at radius 2 is 2.00 bits per heavy atom. The molecule has 7 nitrogen and oxygen atoms in total. The molecule has 4 heterocycles. The predicted molar refractivity (Wildman–Crippen MR) is 91.9 cm³/mol. The molecule has 2 aromatic rings. The topological polar surface area (TPSA) is 75.4 Å². The van der Waals surface area contributed by atoms with Crippen LogP contribution in [-0.2, 0) is 4.79 Å². The molecule has 0 aromatic carbocycles. The standard InChI is InChI=1S/C18H23N5O2/c1-13-11-15(21-25-13)16-6-3-10-23(16)17(24)14-5-2-9-22(12-14)18-19-7-4-8-20-18/h4,7-8,11,14,16H,2-3,5-6,9-10,12H2,1H3. The fourth-order valence-electron chi connectivity index (χ4n) is 3.93. The fraction of sp³-hybridized carbons (Fsp3) is 0.556. The van der Waals surface area contributed by atoms with Gasteiger partial charge in [0.25, 0.3) is 0 Å². The van der Waals surface area contributed by atoms with Crippen LogP contribution in [0.25, 0.3) is 0 Å². The summed E-state index contributed by atoms with van der Waals surface area (Å²) in [4.78, 5) is 25.9. The molecule has 0 radical (unpaired) electrons. The zero-order valence-electron chi connectivity index (χ0n) is 14.5. The highest BCUT2D eigenvalue weighted by molar-refractivity contribution is 5.80. The van der Waals surface area contributed by atoms with Gasteiger partial charge in [0.05, 0.1) is 12.0 Å². The Labute approximate surface area is 147 Å². The summed E-state index contributed by atoms with van der Waals surface area (Å²) in [7, 11) is 0. The van der Waals surface area contributed by atoms with Gasteiger partial charge in [-0.1, -0.05) is 5.16 Å². The quantitative estimate of drug-likeness (QED) is 0.853. The highest BCUT2D eigenvalue weighted by Crippen LogP contribution is 2.34. The van der Waals surface area contributed by atoms with Crippen molar-refractivity contribution in [3.8, 4) is 0 Å². The summed E-state index contributed by atoms with van der Waals surface area (Å²) < 4.78 is 5.21. The molecule has 2 aliphatic rings. The maximum Gasteiger partial charge on any atom is 0.228 e. The number of carbonyl (C=O) groups excluding carboxylic acids is 1. The molecule has 7 heteroatoms. The lowest BCUT2D eigenvalue weighted by atomic mass is 9.96. The smallest absolute Gasteiger partial charge is 0.228 e. The summed E-state index contributed by atoms with van der Waals surface area (Å²) in [5.41, 5.74) is 0.877. The number of likely N-dealkylation sites (tertiary alicyclic amines) is 1. The third-order valence-corrected chi connectivity index (χ3v) is 5.13. The van der Waals surface area contributed by atoms with Gasteiger partial charge in [-0.15, -0.1) is 0 Å². The van der Waals surface area contributed by atoms with Gasteiger partial charge in [-0.2, -0.15) is 0 Å². The maximum absolute atomic E-state index is 13.2. The van der Waals surface area contributed by atoms with Crippen molar-refractivity contribution in [2.45, 2.75) is 38.6 Å². The fourth-order valence-corrected chi connectivity index (χ4v) is 3.93. The van der Waals surface area contributed by atoms with Gasteiger partial charge in [0.2, 0.25) is 11.9 Å². The predicted octanol–water partition coefficient (Wildman–Crippen LogP) is 2.35. The molecule has 132 valence electrons. The Hall–Kier alpha value is -2.44. The summed E-state index contributed by atoms with van der Waals surface area (Å²) in [6.45, 7) is 4.27. The zero-order valence-corrected chi connectivity index (χ0v) is 14.5. The largest absolute Gasteiger partial charge is 0.361 e. The summed E-state index contributed by atoms with van der Waals surface area (Å²) in [5.74, 6) is 1.72. The van der Waals surface area contributed by atoms with Crippen molar-refractivity contribution in [1.29, 1.82) is 0 Å². The van der Waals surface area contributed by atoms with Crippen LogP contribution in [0, 0.1) is 12.8 Å². The summed E-state index contributed by atoms with van der Waals surface area (Å²) >= 11 is 0. The second kappa shape index (κ2) is 6.82. The Morgan fingerprint density at radius 3 is 2.76 bits per heavy atom. The third-order valence-electron chi connectivity index (χ3n) is 5.13. The number of piperidine rings is 1. The first kappa shape index (κ1) is 16.1. The van der Waals surface area contributed by atoms with Gasteiger partial charge in [-0.3, -0.25) is 4.79 Å². The number of rotatable bonds is 3. The number of amides is 1. The van der Waals surface area contributed by atoms with Crippen molar-refractivity contribution in [3.05, 3.63) is 36.0 Å². The minimum absolute atomic E-state index is 0.00819. The third kappa shape index (κ3) is 3.23. The van der Waals surface area contributed by atoms with E-state index in [2.05, 4.69) is 20.0 Å². The number of hydrogen-bond donors (Lipinski definition) is 0. The van der Waals surface area contributed by atoms with E-state index in [4.69, 9.17) is 4.52 Å². The van der Waals surface area contributed by atoms with Crippen LogP contribution in [0.1, 0.15) is 43.2 Å². The van der Waals surface area contributed by atoms with E-state index in [-0.39, 0.29) is 17.9 Å². The molecule has 2 unspecified atom stereocenters. The average Bonchev–Trinajstić information content (AvgIpc) is 3.30. The SMILES string of the molecule is Cc1cc(C2CCCN2C(=O)C2CCCN(c3ncccn3)C2)no1. The molecule has 2 saturated heterocycles. The number of carbonyl (C=O) groups is 1. The summed E-state index contributed by atoms with van der Waals surface area (Å²) in [5, 5.41) is 4.14. The van der Waals surface area contributed by atoms with E-state index in [9.17, 15) is 4.79 Å². The number of aromatic nitrogens is 3. The van der Waals surface area contributed by atoms with Crippen LogP contribution in [0.15, 0.2) is 29.0 Å². The van der Waals surface area contributed by atoms with Crippen LogP contribution in [0.4, 0.5) is 5.95 Å². The van der Waals surface area contributed by atoms with Gasteiger partial charge in [-0.25, -0.2) is 9.97 Å². The van der Waals surface area contributed by atoms with Crippen LogP contribution in [0.2, 0.25) is 0 Å². The maximum atomic E-state index is 13.2. The zero-order chi connectivity index (χ0) is 17.2. The molecule has 25 heavy (non-hydrogen) atoms. The van der Waals surface area contributed by atoms with Crippen LogP contribution < -0.4 is 4.90 Å². The van der Waals surface area contributed by atoms with Crippen molar-refractivity contribution in [2.75, 3.05) is 24.5 Å². The Morgan fingerprint density at radius 1 is 1.20 bits per heavy atom. The lowest BCUT2D eigenvalue weighted by molar-refractivity contribution is -0.136. The Balaban J connectivity index is 1.48. The van der Waals surface area contributed by atoms with E-state index in [1.54, 1.807) is 12.4 Å². The summed E-state index contributed by atoms with van der Waals surface area (Å²) in [6, 6.07) is 3.81. The van der Waals surface area contributed by atoms with E-state index >= 15 is 0 Å². The number of anilines is 1. The molecule has 0 aliphatic carbocycles. The minimum atomic E-state index is -0.00819. The lowest BCUT2D eigenvalue weighted by Gasteiger charge is -2.35. The second-order valence-corrected chi connectivity index (χ2v) is 6.89. The van der Waals surface area contributed by atoms with Gasteiger partial charge in [0.15, 0.2) is 0 Å². The molecule has 4 rings (SSSR count). The molecule has 0 N–H and O–H groups in total. The number of nitrogens with zero attached hydrogens (tertiary/aromatic N) is 5. The van der Waals surface area contributed by atoms with Gasteiger partial charge in [0, 0.05) is 38.1 Å². The second-order valence-electron chi connectivity index (χ2n) is 6.89. The molecule has 0 saturated carbocycles. The first-order chi connectivity index (χ1) is 12.2. The van der Waals surface area contributed by atoms with E-state index in [1.807, 2.05) is 24.0 Å². The van der Waals surface area contributed by atoms with Crippen molar-refractivity contribution in [2.24, 2.45) is 5.92 Å². The Kier molecular flexibility index (Phi) is 4.38. The van der Waals surface area contributed by atoms with E-state index in [0.717, 1.165) is 50.2 Å². The Bertz CT molecular complexity index is 732. The highest BCUT2D eigenvalue weighted by atomic mass is 16.5. The molecule has 2 aromatic heterocycles. The molecular formula is C18H23N5O2. The van der Waals surface area contributed by atoms with Crippen molar-refractivity contribution < 1.29 is 9.32 Å².